The van der Waals surface area contributed by atoms with E-state index in [9.17, 15) is 0 Å². The molecule has 0 aliphatic heterocycles. The molecule has 0 saturated heterocycles. The van der Waals surface area contributed by atoms with Gasteiger partial charge in [-0.25, -0.2) is 0 Å². The average molecular weight is 766 g/mol. The van der Waals surface area contributed by atoms with Crippen molar-refractivity contribution in [2.45, 2.75) is 19.3 Å². The maximum Gasteiger partial charge on any atom is 0.0540 e. The summed E-state index contributed by atoms with van der Waals surface area (Å²) in [5.41, 5.74) is 18.3. The molecular weight excluding hydrogens is 723 g/mol. The van der Waals surface area contributed by atoms with E-state index in [1.54, 1.807) is 0 Å². The lowest BCUT2D eigenvalue weighted by atomic mass is 9.82. The SMILES string of the molecule is CC1(C)c2ccccc2-c2c(-c3ccccc3N(c3ccc(-c4cccc5cccc(-c6ccccc6)c45)cc3)c3ccccc3-c3cccc4ccccc34)cccc21. The molecule has 0 amide bonds. The number of fused-ring (bicyclic) bond motifs is 5. The normalized spacial score (nSPS) is 12.6. The highest BCUT2D eigenvalue weighted by atomic mass is 15.1. The zero-order chi connectivity index (χ0) is 40.2. The van der Waals surface area contributed by atoms with Crippen LogP contribution in [0.5, 0.6) is 0 Å². The van der Waals surface area contributed by atoms with Gasteiger partial charge in [0, 0.05) is 22.2 Å². The molecule has 1 aliphatic rings. The van der Waals surface area contributed by atoms with Gasteiger partial charge in [0.1, 0.15) is 0 Å². The lowest BCUT2D eigenvalue weighted by Gasteiger charge is -2.31. The van der Waals surface area contributed by atoms with E-state index >= 15 is 0 Å². The summed E-state index contributed by atoms with van der Waals surface area (Å²) in [5.74, 6) is 0. The Labute approximate surface area is 352 Å². The van der Waals surface area contributed by atoms with Gasteiger partial charge in [-0.1, -0.05) is 214 Å². The van der Waals surface area contributed by atoms with Gasteiger partial charge in [0.05, 0.1) is 11.4 Å². The van der Waals surface area contributed by atoms with Crippen molar-refractivity contribution < 1.29 is 0 Å². The van der Waals surface area contributed by atoms with E-state index in [0.717, 1.165) is 17.1 Å². The predicted octanol–water partition coefficient (Wildman–Crippen LogP) is 16.4. The molecule has 0 spiro atoms. The van der Waals surface area contributed by atoms with Crippen molar-refractivity contribution >= 4 is 38.6 Å². The third-order valence-corrected chi connectivity index (χ3v) is 12.7. The Kier molecular flexibility index (Phi) is 8.57. The summed E-state index contributed by atoms with van der Waals surface area (Å²) >= 11 is 0. The van der Waals surface area contributed by atoms with Crippen LogP contribution in [0.15, 0.2) is 224 Å². The third-order valence-electron chi connectivity index (χ3n) is 12.7. The van der Waals surface area contributed by atoms with Crippen molar-refractivity contribution in [3.63, 3.8) is 0 Å². The van der Waals surface area contributed by atoms with Gasteiger partial charge in [0.2, 0.25) is 0 Å². The van der Waals surface area contributed by atoms with Crippen molar-refractivity contribution in [2.24, 2.45) is 0 Å². The molecule has 60 heavy (non-hydrogen) atoms. The Bertz CT molecular complexity index is 3220. The zero-order valence-corrected chi connectivity index (χ0v) is 33.8. The predicted molar refractivity (Wildman–Crippen MR) is 255 cm³/mol. The van der Waals surface area contributed by atoms with E-state index in [1.807, 2.05) is 0 Å². The van der Waals surface area contributed by atoms with Crippen LogP contribution in [0.4, 0.5) is 17.1 Å². The maximum absolute atomic E-state index is 2.49. The fourth-order valence-electron chi connectivity index (χ4n) is 9.87. The van der Waals surface area contributed by atoms with Gasteiger partial charge in [-0.05, 0) is 101 Å². The first-order valence-electron chi connectivity index (χ1n) is 20.9. The van der Waals surface area contributed by atoms with Gasteiger partial charge in [0.25, 0.3) is 0 Å². The van der Waals surface area contributed by atoms with Gasteiger partial charge >= 0.3 is 0 Å². The number of hydrogen-bond donors (Lipinski definition) is 0. The minimum Gasteiger partial charge on any atom is -0.309 e. The van der Waals surface area contributed by atoms with Gasteiger partial charge in [-0.2, -0.15) is 0 Å². The highest BCUT2D eigenvalue weighted by molar-refractivity contribution is 6.07. The molecule has 0 aromatic heterocycles. The fraction of sp³-hybridized carbons (Fsp3) is 0.0508. The molecule has 10 aromatic carbocycles. The Balaban J connectivity index is 1.14. The molecule has 0 atom stereocenters. The lowest BCUT2D eigenvalue weighted by Crippen LogP contribution is -2.15. The molecule has 0 N–H and O–H groups in total. The second-order valence-corrected chi connectivity index (χ2v) is 16.4. The first kappa shape index (κ1) is 35.7. The van der Waals surface area contributed by atoms with Crippen molar-refractivity contribution in [1.29, 1.82) is 0 Å². The number of benzene rings is 10. The molecule has 284 valence electrons. The molecule has 11 rings (SSSR count). The van der Waals surface area contributed by atoms with E-state index < -0.39 is 0 Å². The first-order chi connectivity index (χ1) is 29.6. The summed E-state index contributed by atoms with van der Waals surface area (Å²) in [6.07, 6.45) is 0. The summed E-state index contributed by atoms with van der Waals surface area (Å²) in [6.45, 7) is 4.72. The van der Waals surface area contributed by atoms with Crippen LogP contribution in [0.1, 0.15) is 25.0 Å². The summed E-state index contributed by atoms with van der Waals surface area (Å²) < 4.78 is 0. The summed E-state index contributed by atoms with van der Waals surface area (Å²) in [7, 11) is 0. The molecule has 1 nitrogen and oxygen atoms in total. The summed E-state index contributed by atoms with van der Waals surface area (Å²) in [6, 6.07) is 82.4. The number of nitrogens with zero attached hydrogens (tertiary/aromatic N) is 1. The summed E-state index contributed by atoms with van der Waals surface area (Å²) in [5, 5.41) is 4.97. The van der Waals surface area contributed by atoms with Crippen molar-refractivity contribution in [2.75, 3.05) is 4.90 Å². The van der Waals surface area contributed by atoms with Crippen LogP contribution in [-0.4, -0.2) is 0 Å². The smallest absolute Gasteiger partial charge is 0.0540 e. The number of hydrogen-bond acceptors (Lipinski definition) is 1. The topological polar surface area (TPSA) is 3.24 Å². The quantitative estimate of drug-likeness (QED) is 0.156. The second-order valence-electron chi connectivity index (χ2n) is 16.4. The molecule has 0 radical (unpaired) electrons. The average Bonchev–Trinajstić information content (AvgIpc) is 3.55. The van der Waals surface area contributed by atoms with E-state index in [1.165, 1.54) is 88.3 Å². The zero-order valence-electron chi connectivity index (χ0n) is 33.8. The maximum atomic E-state index is 2.49. The molecule has 0 bridgehead atoms. The van der Waals surface area contributed by atoms with Crippen molar-refractivity contribution in [1.82, 2.24) is 0 Å². The van der Waals surface area contributed by atoms with Gasteiger partial charge < -0.3 is 4.90 Å². The highest BCUT2D eigenvalue weighted by Crippen LogP contribution is 2.54. The van der Waals surface area contributed by atoms with Crippen molar-refractivity contribution in [3.05, 3.63) is 236 Å². The Morgan fingerprint density at radius 3 is 1.50 bits per heavy atom. The number of rotatable bonds is 7. The van der Waals surface area contributed by atoms with E-state index in [0.29, 0.717) is 0 Å². The summed E-state index contributed by atoms with van der Waals surface area (Å²) in [4.78, 5) is 2.49. The van der Waals surface area contributed by atoms with Crippen LogP contribution >= 0.6 is 0 Å². The Morgan fingerprint density at radius 2 is 0.783 bits per heavy atom. The monoisotopic (exact) mass is 765 g/mol. The third kappa shape index (κ3) is 5.77. The minimum absolute atomic E-state index is 0.102. The van der Waals surface area contributed by atoms with E-state index in [-0.39, 0.29) is 5.41 Å². The molecule has 10 aromatic rings. The van der Waals surface area contributed by atoms with Crippen LogP contribution in [-0.2, 0) is 5.41 Å². The van der Waals surface area contributed by atoms with Crippen LogP contribution in [0.3, 0.4) is 0 Å². The first-order valence-corrected chi connectivity index (χ1v) is 20.9. The van der Waals surface area contributed by atoms with Gasteiger partial charge in [-0.15, -0.1) is 0 Å². The largest absolute Gasteiger partial charge is 0.309 e. The van der Waals surface area contributed by atoms with Crippen LogP contribution in [0, 0.1) is 0 Å². The Hall–Kier alpha value is -7.48. The molecule has 0 unspecified atom stereocenters. The Morgan fingerprint density at radius 1 is 0.317 bits per heavy atom. The van der Waals surface area contributed by atoms with E-state index in [4.69, 9.17) is 0 Å². The van der Waals surface area contributed by atoms with Crippen LogP contribution in [0.2, 0.25) is 0 Å². The van der Waals surface area contributed by atoms with Gasteiger partial charge in [0.15, 0.2) is 0 Å². The molecular formula is C59H43N. The number of anilines is 3. The van der Waals surface area contributed by atoms with Crippen molar-refractivity contribution in [3.8, 4) is 55.6 Å². The number of para-hydroxylation sites is 2. The minimum atomic E-state index is -0.102. The lowest BCUT2D eigenvalue weighted by molar-refractivity contribution is 0.660. The van der Waals surface area contributed by atoms with Crippen LogP contribution < -0.4 is 4.90 Å². The van der Waals surface area contributed by atoms with Gasteiger partial charge in [-0.3, -0.25) is 0 Å². The molecule has 0 saturated carbocycles. The molecule has 1 heteroatoms. The second kappa shape index (κ2) is 14.4. The van der Waals surface area contributed by atoms with E-state index in [2.05, 4.69) is 243 Å². The standard InChI is InChI=1S/C59H43N/c1-59(2)53-32-11-8-27-52(53)58-51(31-17-33-54(58)59)50-26-10-13-35-56(50)60(55-34-12-9-25-49(55)48-30-14-21-40-20-6-7-24-45(40)48)44-38-36-42(37-39-44)47-29-16-23-43-22-15-28-46(57(43)47)41-18-4-3-5-19-41/h3-39H,1-2H3. The highest BCUT2D eigenvalue weighted by Gasteiger charge is 2.37. The molecule has 0 fully saturated rings. The molecule has 1 aliphatic carbocycles. The van der Waals surface area contributed by atoms with Crippen LogP contribution in [0.25, 0.3) is 77.2 Å². The molecule has 0 heterocycles. The fourth-order valence-corrected chi connectivity index (χ4v) is 9.87.